The van der Waals surface area contributed by atoms with Crippen molar-refractivity contribution in [2.45, 2.75) is 16.5 Å². The average Bonchev–Trinajstić information content (AvgIpc) is 2.60. The quantitative estimate of drug-likeness (QED) is 0.875. The lowest BCUT2D eigenvalue weighted by molar-refractivity contribution is 0.116. The Balaban J connectivity index is 2.38. The number of benzene rings is 2. The summed E-state index contributed by atoms with van der Waals surface area (Å²) in [5.41, 5.74) is -2.49. The van der Waals surface area contributed by atoms with Crippen molar-refractivity contribution >= 4 is 9.84 Å². The molecule has 2 aromatic rings. The van der Waals surface area contributed by atoms with Crippen molar-refractivity contribution in [2.24, 2.45) is 0 Å². The fourth-order valence-corrected chi connectivity index (χ4v) is 3.40. The molecule has 124 valence electrons. The van der Waals surface area contributed by atoms with Gasteiger partial charge in [-0.05, 0) is 24.3 Å². The first kappa shape index (κ1) is 17.2. The van der Waals surface area contributed by atoms with Crippen molar-refractivity contribution in [1.82, 2.24) is 0 Å². The van der Waals surface area contributed by atoms with Crippen LogP contribution >= 0.6 is 0 Å². The summed E-state index contributed by atoms with van der Waals surface area (Å²) in [6, 6.07) is 11.5. The third-order valence-electron chi connectivity index (χ3n) is 3.38. The molecule has 2 rings (SSSR count). The molecule has 0 aliphatic carbocycles. The van der Waals surface area contributed by atoms with E-state index in [2.05, 4.69) is 0 Å². The van der Waals surface area contributed by atoms with Crippen LogP contribution in [-0.4, -0.2) is 33.2 Å². The van der Waals surface area contributed by atoms with Crippen molar-refractivity contribution in [3.8, 4) is 11.5 Å². The van der Waals surface area contributed by atoms with Gasteiger partial charge in [0, 0.05) is 11.6 Å². The van der Waals surface area contributed by atoms with Gasteiger partial charge >= 0.3 is 0 Å². The number of aliphatic hydroxyl groups excluding tert-OH is 1. The number of alkyl halides is 1. The van der Waals surface area contributed by atoms with Gasteiger partial charge in [0.25, 0.3) is 0 Å². The molecule has 7 heteroatoms. The summed E-state index contributed by atoms with van der Waals surface area (Å²) in [5, 5.41) is 10.2. The SMILES string of the molecule is COc1ccc(C(O)C(F)S(=O)(=O)c2ccccc2)c(OC)c1. The highest BCUT2D eigenvalue weighted by atomic mass is 32.2. The number of aliphatic hydroxyl groups is 1. The van der Waals surface area contributed by atoms with Crippen LogP contribution in [0.2, 0.25) is 0 Å². The highest BCUT2D eigenvalue weighted by Gasteiger charge is 2.36. The van der Waals surface area contributed by atoms with Crippen LogP contribution in [0.25, 0.3) is 0 Å². The normalized spacial score (nSPS) is 14.1. The average molecular weight is 340 g/mol. The molecule has 5 nitrogen and oxygen atoms in total. The molecule has 23 heavy (non-hydrogen) atoms. The second-order valence-electron chi connectivity index (χ2n) is 4.76. The lowest BCUT2D eigenvalue weighted by Crippen LogP contribution is -2.24. The molecule has 0 heterocycles. The molecule has 0 radical (unpaired) electrons. The second kappa shape index (κ2) is 6.97. The van der Waals surface area contributed by atoms with E-state index >= 15 is 0 Å². The fourth-order valence-electron chi connectivity index (χ4n) is 2.11. The molecule has 0 fully saturated rings. The number of methoxy groups -OCH3 is 2. The lowest BCUT2D eigenvalue weighted by Gasteiger charge is -2.19. The van der Waals surface area contributed by atoms with Crippen LogP contribution in [0.15, 0.2) is 53.4 Å². The number of rotatable bonds is 6. The van der Waals surface area contributed by atoms with Gasteiger partial charge in [-0.25, -0.2) is 12.8 Å². The van der Waals surface area contributed by atoms with Crippen molar-refractivity contribution in [1.29, 1.82) is 0 Å². The molecule has 2 unspecified atom stereocenters. The molecule has 0 saturated heterocycles. The van der Waals surface area contributed by atoms with E-state index in [0.717, 1.165) is 0 Å². The van der Waals surface area contributed by atoms with Gasteiger partial charge in [-0.15, -0.1) is 0 Å². The van der Waals surface area contributed by atoms with Gasteiger partial charge in [0.2, 0.25) is 15.3 Å². The summed E-state index contributed by atoms with van der Waals surface area (Å²) in [7, 11) is -1.55. The van der Waals surface area contributed by atoms with Gasteiger partial charge in [0.15, 0.2) is 0 Å². The summed E-state index contributed by atoms with van der Waals surface area (Å²) in [6.07, 6.45) is -1.89. The van der Waals surface area contributed by atoms with Crippen LogP contribution in [0, 0.1) is 0 Å². The standard InChI is InChI=1S/C16H17FO5S/c1-21-11-8-9-13(14(10-11)22-2)15(18)16(17)23(19,20)12-6-4-3-5-7-12/h3-10,15-16,18H,1-2H3. The molecule has 0 aliphatic rings. The summed E-state index contributed by atoms with van der Waals surface area (Å²) in [5.74, 6) is 0.585. The van der Waals surface area contributed by atoms with E-state index in [0.29, 0.717) is 5.75 Å². The van der Waals surface area contributed by atoms with Crippen LogP contribution < -0.4 is 9.47 Å². The summed E-state index contributed by atoms with van der Waals surface area (Å²) < 4.78 is 49.1. The smallest absolute Gasteiger partial charge is 0.235 e. The van der Waals surface area contributed by atoms with E-state index in [1.54, 1.807) is 6.07 Å². The molecule has 2 aromatic carbocycles. The first-order chi connectivity index (χ1) is 10.9. The third kappa shape index (κ3) is 3.46. The minimum atomic E-state index is -4.33. The lowest BCUT2D eigenvalue weighted by atomic mass is 10.1. The zero-order valence-electron chi connectivity index (χ0n) is 12.6. The van der Waals surface area contributed by atoms with Gasteiger partial charge in [-0.2, -0.15) is 0 Å². The molecule has 0 amide bonds. The zero-order valence-corrected chi connectivity index (χ0v) is 13.5. The van der Waals surface area contributed by atoms with Gasteiger partial charge < -0.3 is 14.6 Å². The molecule has 2 atom stereocenters. The molecule has 0 aliphatic heterocycles. The Hall–Kier alpha value is -2.12. The van der Waals surface area contributed by atoms with E-state index in [1.165, 1.54) is 56.7 Å². The fraction of sp³-hybridized carbons (Fsp3) is 0.250. The van der Waals surface area contributed by atoms with Crippen molar-refractivity contribution in [2.75, 3.05) is 14.2 Å². The summed E-state index contributed by atoms with van der Waals surface area (Å²) in [6.45, 7) is 0. The third-order valence-corrected chi connectivity index (χ3v) is 5.16. The van der Waals surface area contributed by atoms with Crippen LogP contribution in [0.3, 0.4) is 0 Å². The Morgan fingerprint density at radius 3 is 2.26 bits per heavy atom. The van der Waals surface area contributed by atoms with Crippen LogP contribution in [-0.2, 0) is 9.84 Å². The Labute approximate surface area is 134 Å². The van der Waals surface area contributed by atoms with Gasteiger partial charge in [-0.1, -0.05) is 18.2 Å². The number of hydrogen-bond donors (Lipinski definition) is 1. The van der Waals surface area contributed by atoms with Crippen molar-refractivity contribution in [3.05, 3.63) is 54.1 Å². The van der Waals surface area contributed by atoms with Gasteiger partial charge in [0.1, 0.15) is 17.6 Å². The van der Waals surface area contributed by atoms with Gasteiger partial charge in [0.05, 0.1) is 19.1 Å². The summed E-state index contributed by atoms with van der Waals surface area (Å²) in [4.78, 5) is -0.195. The van der Waals surface area contributed by atoms with Crippen molar-refractivity contribution in [3.63, 3.8) is 0 Å². The maximum atomic E-state index is 14.5. The van der Waals surface area contributed by atoms with E-state index in [9.17, 15) is 17.9 Å². The van der Waals surface area contributed by atoms with E-state index in [4.69, 9.17) is 9.47 Å². The molecule has 0 spiro atoms. The number of hydrogen-bond acceptors (Lipinski definition) is 5. The number of sulfone groups is 1. The molecule has 1 N–H and O–H groups in total. The first-order valence-electron chi connectivity index (χ1n) is 6.75. The monoisotopic (exact) mass is 340 g/mol. The Bertz CT molecular complexity index is 761. The Morgan fingerprint density at radius 2 is 1.70 bits per heavy atom. The molecular formula is C16H17FO5S. The number of halogens is 1. The molecule has 0 saturated carbocycles. The minimum Gasteiger partial charge on any atom is -0.497 e. The predicted octanol–water partition coefficient (Wildman–Crippen LogP) is 2.51. The first-order valence-corrected chi connectivity index (χ1v) is 8.29. The largest absolute Gasteiger partial charge is 0.497 e. The predicted molar refractivity (Wildman–Crippen MR) is 83.0 cm³/mol. The Morgan fingerprint density at radius 1 is 1.04 bits per heavy atom. The zero-order chi connectivity index (χ0) is 17.0. The maximum absolute atomic E-state index is 14.5. The Kier molecular flexibility index (Phi) is 5.23. The summed E-state index contributed by atoms with van der Waals surface area (Å²) >= 11 is 0. The minimum absolute atomic E-state index is 0.0281. The number of ether oxygens (including phenoxy) is 2. The van der Waals surface area contributed by atoms with Crippen LogP contribution in [0.5, 0.6) is 11.5 Å². The van der Waals surface area contributed by atoms with E-state index < -0.39 is 21.4 Å². The van der Waals surface area contributed by atoms with E-state index in [1.807, 2.05) is 0 Å². The van der Waals surface area contributed by atoms with Gasteiger partial charge in [-0.3, -0.25) is 0 Å². The topological polar surface area (TPSA) is 72.8 Å². The second-order valence-corrected chi connectivity index (χ2v) is 6.77. The molecular weight excluding hydrogens is 323 g/mol. The highest BCUT2D eigenvalue weighted by molar-refractivity contribution is 7.92. The van der Waals surface area contributed by atoms with Crippen LogP contribution in [0.4, 0.5) is 4.39 Å². The van der Waals surface area contributed by atoms with Crippen molar-refractivity contribution < 1.29 is 27.4 Å². The molecule has 0 bridgehead atoms. The van der Waals surface area contributed by atoms with Crippen LogP contribution in [0.1, 0.15) is 11.7 Å². The van der Waals surface area contributed by atoms with E-state index in [-0.39, 0.29) is 16.2 Å². The molecule has 0 aromatic heterocycles. The highest BCUT2D eigenvalue weighted by Crippen LogP contribution is 2.35. The maximum Gasteiger partial charge on any atom is 0.235 e.